The number of nitrogens with zero attached hydrogens (tertiary/aromatic N) is 2. The van der Waals surface area contributed by atoms with Gasteiger partial charge in [0.2, 0.25) is 0 Å². The molecule has 3 rings (SSSR count). The number of aliphatic carboxylic acids is 1. The summed E-state index contributed by atoms with van der Waals surface area (Å²) in [4.78, 5) is 10.8. The minimum atomic E-state index is -1.56. The van der Waals surface area contributed by atoms with Crippen LogP contribution in [0.15, 0.2) is 60.8 Å². The number of hydrogen-bond donors (Lipinski definition) is 1. The summed E-state index contributed by atoms with van der Waals surface area (Å²) in [6.45, 7) is 0. The second kappa shape index (κ2) is 7.40. The molecule has 2 aromatic carbocycles. The predicted octanol–water partition coefficient (Wildman–Crippen LogP) is 3.01. The monoisotopic (exact) mass is 358 g/mol. The number of aromatic nitrogens is 2. The molecular weight excluding hydrogens is 343 g/mol. The van der Waals surface area contributed by atoms with Gasteiger partial charge in [-0.1, -0.05) is 18.2 Å². The fourth-order valence-electron chi connectivity index (χ4n) is 2.44. The zero-order chi connectivity index (χ0) is 17.8. The third-order valence-electron chi connectivity index (χ3n) is 3.53. The van der Waals surface area contributed by atoms with E-state index in [1.165, 1.54) is 12.1 Å². The van der Waals surface area contributed by atoms with E-state index in [2.05, 4.69) is 5.10 Å². The number of carbonyl (C=O) groups is 1. The van der Waals surface area contributed by atoms with E-state index in [0.717, 1.165) is 5.69 Å². The van der Waals surface area contributed by atoms with E-state index in [-0.39, 0.29) is 11.6 Å². The van der Waals surface area contributed by atoms with Gasteiger partial charge in [-0.05, 0) is 36.4 Å². The van der Waals surface area contributed by atoms with E-state index in [0.29, 0.717) is 16.8 Å². The maximum absolute atomic E-state index is 13.2. The van der Waals surface area contributed by atoms with Crippen LogP contribution >= 0.6 is 0 Å². The fourth-order valence-corrected chi connectivity index (χ4v) is 3.38. The van der Waals surface area contributed by atoms with Gasteiger partial charge in [-0.2, -0.15) is 5.10 Å². The van der Waals surface area contributed by atoms with E-state index >= 15 is 0 Å². The van der Waals surface area contributed by atoms with Crippen molar-refractivity contribution in [1.29, 1.82) is 0 Å². The van der Waals surface area contributed by atoms with E-state index in [1.54, 1.807) is 23.0 Å². The molecule has 0 amide bonds. The minimum Gasteiger partial charge on any atom is -0.481 e. The lowest BCUT2D eigenvalue weighted by molar-refractivity contribution is -0.133. The van der Waals surface area contributed by atoms with Crippen LogP contribution in [0.25, 0.3) is 16.9 Å². The average Bonchev–Trinajstić information content (AvgIpc) is 2.99. The van der Waals surface area contributed by atoms with Crippen molar-refractivity contribution in [2.24, 2.45) is 0 Å². The van der Waals surface area contributed by atoms with E-state index in [1.807, 2.05) is 30.3 Å². The van der Waals surface area contributed by atoms with Crippen molar-refractivity contribution in [3.63, 3.8) is 0 Å². The van der Waals surface area contributed by atoms with Gasteiger partial charge in [-0.25, -0.2) is 9.07 Å². The van der Waals surface area contributed by atoms with Crippen LogP contribution in [0.3, 0.4) is 0 Å². The normalized spacial score (nSPS) is 12.0. The summed E-state index contributed by atoms with van der Waals surface area (Å²) in [5.74, 6) is -1.84. The van der Waals surface area contributed by atoms with Gasteiger partial charge in [-0.3, -0.25) is 9.00 Å². The van der Waals surface area contributed by atoms with E-state index in [4.69, 9.17) is 5.11 Å². The number of carboxylic acid groups (broad SMARTS) is 1. The molecular formula is C18H15FN2O3S. The van der Waals surface area contributed by atoms with Crippen molar-refractivity contribution in [2.45, 2.75) is 5.75 Å². The summed E-state index contributed by atoms with van der Waals surface area (Å²) < 4.78 is 26.9. The fraction of sp³-hybridized carbons (Fsp3) is 0.111. The molecule has 1 atom stereocenters. The second-order valence-corrected chi connectivity index (χ2v) is 6.87. The highest BCUT2D eigenvalue weighted by Gasteiger charge is 2.16. The maximum Gasteiger partial charge on any atom is 0.316 e. The summed E-state index contributed by atoms with van der Waals surface area (Å²) in [6.07, 6.45) is 1.73. The highest BCUT2D eigenvalue weighted by atomic mass is 32.2. The average molecular weight is 358 g/mol. The molecule has 0 aliphatic rings. The smallest absolute Gasteiger partial charge is 0.316 e. The molecule has 0 saturated carbocycles. The Balaban J connectivity index is 2.01. The SMILES string of the molecule is O=C(O)CS(=O)Cc1cn(-c2ccccc2)nc1-c1ccc(F)cc1. The number of rotatable bonds is 6. The van der Waals surface area contributed by atoms with Gasteiger partial charge in [0.1, 0.15) is 11.6 Å². The zero-order valence-corrected chi connectivity index (χ0v) is 13.9. The molecule has 0 spiro atoms. The number of benzene rings is 2. The first kappa shape index (κ1) is 17.0. The van der Waals surface area contributed by atoms with Crippen LogP contribution in [-0.2, 0) is 21.3 Å². The van der Waals surface area contributed by atoms with Crippen LogP contribution in [0.2, 0.25) is 0 Å². The van der Waals surface area contributed by atoms with Crippen LogP contribution in [0.1, 0.15) is 5.56 Å². The van der Waals surface area contributed by atoms with Crippen LogP contribution in [0.5, 0.6) is 0 Å². The third kappa shape index (κ3) is 4.19. The Labute approximate surface area is 146 Å². The first-order valence-corrected chi connectivity index (χ1v) is 8.98. The molecule has 1 N–H and O–H groups in total. The van der Waals surface area contributed by atoms with Crippen LogP contribution in [-0.4, -0.2) is 30.8 Å². The molecule has 0 aliphatic heterocycles. The Hall–Kier alpha value is -2.80. The number of halogens is 1. The molecule has 7 heteroatoms. The van der Waals surface area contributed by atoms with E-state index < -0.39 is 22.5 Å². The van der Waals surface area contributed by atoms with Gasteiger partial charge in [-0.15, -0.1) is 0 Å². The number of carboxylic acids is 1. The third-order valence-corrected chi connectivity index (χ3v) is 4.73. The van der Waals surface area contributed by atoms with Crippen LogP contribution < -0.4 is 0 Å². The van der Waals surface area contributed by atoms with Crippen molar-refractivity contribution >= 4 is 16.8 Å². The highest BCUT2D eigenvalue weighted by molar-refractivity contribution is 7.84. The lowest BCUT2D eigenvalue weighted by atomic mass is 10.1. The Bertz CT molecular complexity index is 908. The Morgan fingerprint density at radius 3 is 2.44 bits per heavy atom. The largest absolute Gasteiger partial charge is 0.481 e. The predicted molar refractivity (Wildman–Crippen MR) is 93.3 cm³/mol. The molecule has 128 valence electrons. The van der Waals surface area contributed by atoms with Crippen LogP contribution in [0.4, 0.5) is 4.39 Å². The molecule has 0 aliphatic carbocycles. The van der Waals surface area contributed by atoms with Gasteiger partial charge in [0, 0.05) is 28.1 Å². The summed E-state index contributed by atoms with van der Waals surface area (Å²) in [7, 11) is -1.56. The van der Waals surface area contributed by atoms with E-state index in [9.17, 15) is 13.4 Å². The first-order chi connectivity index (χ1) is 12.0. The Kier molecular flexibility index (Phi) is 5.04. The minimum absolute atomic E-state index is 0.0614. The maximum atomic E-state index is 13.2. The molecule has 3 aromatic rings. The molecule has 1 heterocycles. The van der Waals surface area contributed by atoms with Gasteiger partial charge in [0.05, 0.1) is 17.1 Å². The number of hydrogen-bond acceptors (Lipinski definition) is 3. The zero-order valence-electron chi connectivity index (χ0n) is 13.1. The summed E-state index contributed by atoms with van der Waals surface area (Å²) in [5.41, 5.74) is 2.71. The topological polar surface area (TPSA) is 72.2 Å². The highest BCUT2D eigenvalue weighted by Crippen LogP contribution is 2.25. The van der Waals surface area contributed by atoms with Crippen molar-refractivity contribution in [1.82, 2.24) is 9.78 Å². The second-order valence-electron chi connectivity index (χ2n) is 5.41. The Morgan fingerprint density at radius 1 is 1.12 bits per heavy atom. The molecule has 0 saturated heterocycles. The van der Waals surface area contributed by atoms with Gasteiger partial charge in [0.15, 0.2) is 0 Å². The van der Waals surface area contributed by atoms with Gasteiger partial charge >= 0.3 is 5.97 Å². The standard InChI is InChI=1S/C18H15FN2O3S/c19-15-8-6-13(7-9-15)18-14(11-25(24)12-17(22)23)10-21(20-18)16-4-2-1-3-5-16/h1-10H,11-12H2,(H,22,23). The van der Waals surface area contributed by atoms with Gasteiger partial charge < -0.3 is 5.11 Å². The molecule has 1 aromatic heterocycles. The first-order valence-electron chi connectivity index (χ1n) is 7.49. The van der Waals surface area contributed by atoms with Crippen LogP contribution in [0, 0.1) is 5.82 Å². The van der Waals surface area contributed by atoms with Crippen molar-refractivity contribution < 1.29 is 18.5 Å². The quantitative estimate of drug-likeness (QED) is 0.735. The molecule has 0 fully saturated rings. The lowest BCUT2D eigenvalue weighted by Gasteiger charge is -2.02. The summed E-state index contributed by atoms with van der Waals surface area (Å²) in [5, 5.41) is 13.3. The van der Waals surface area contributed by atoms with Gasteiger partial charge in [0.25, 0.3) is 0 Å². The molecule has 5 nitrogen and oxygen atoms in total. The summed E-state index contributed by atoms with van der Waals surface area (Å²) in [6, 6.07) is 15.2. The number of para-hydroxylation sites is 1. The summed E-state index contributed by atoms with van der Waals surface area (Å²) >= 11 is 0. The molecule has 0 bridgehead atoms. The lowest BCUT2D eigenvalue weighted by Crippen LogP contribution is -2.10. The molecule has 0 radical (unpaired) electrons. The van der Waals surface area contributed by atoms with Crippen molar-refractivity contribution in [3.05, 3.63) is 72.2 Å². The Morgan fingerprint density at radius 2 is 1.80 bits per heavy atom. The molecule has 25 heavy (non-hydrogen) atoms. The van der Waals surface area contributed by atoms with Crippen molar-refractivity contribution in [2.75, 3.05) is 5.75 Å². The molecule has 1 unspecified atom stereocenters. The van der Waals surface area contributed by atoms with Crippen molar-refractivity contribution in [3.8, 4) is 16.9 Å².